The molecule has 20 heavy (non-hydrogen) atoms. The molecule has 7 heteroatoms. The number of methoxy groups -OCH3 is 1. The van der Waals surface area contributed by atoms with Crippen molar-refractivity contribution in [2.75, 3.05) is 12.8 Å². The van der Waals surface area contributed by atoms with Gasteiger partial charge in [-0.05, 0) is 12.1 Å². The third-order valence-corrected chi connectivity index (χ3v) is 3.52. The summed E-state index contributed by atoms with van der Waals surface area (Å²) in [7, 11) is 1.63. The number of nitrogen functional groups attached to an aromatic ring is 1. The van der Waals surface area contributed by atoms with Crippen LogP contribution >= 0.6 is 11.3 Å². The molecular formula is C13H13N5OS. The summed E-state index contributed by atoms with van der Waals surface area (Å²) < 4.78 is 5.31. The molecule has 0 aliphatic heterocycles. The lowest BCUT2D eigenvalue weighted by atomic mass is 10.2. The van der Waals surface area contributed by atoms with Crippen LogP contribution in [0.2, 0.25) is 0 Å². The predicted octanol–water partition coefficient (Wildman–Crippen LogP) is 2.11. The predicted molar refractivity (Wildman–Crippen MR) is 77.7 cm³/mol. The SMILES string of the molecule is COc1ccccc1-c1n[nH]c(Cc2csc(N)n2)n1. The molecule has 6 nitrogen and oxygen atoms in total. The number of nitrogens with two attached hydrogens (primary N) is 1. The van der Waals surface area contributed by atoms with Crippen LogP contribution in [0, 0.1) is 0 Å². The molecule has 0 atom stereocenters. The smallest absolute Gasteiger partial charge is 0.184 e. The van der Waals surface area contributed by atoms with Gasteiger partial charge in [0.1, 0.15) is 11.6 Å². The van der Waals surface area contributed by atoms with Gasteiger partial charge >= 0.3 is 0 Å². The first-order valence-corrected chi connectivity index (χ1v) is 6.89. The maximum absolute atomic E-state index is 5.61. The number of H-pyrrole nitrogens is 1. The molecular weight excluding hydrogens is 274 g/mol. The second-order valence-corrected chi connectivity index (χ2v) is 5.05. The largest absolute Gasteiger partial charge is 0.496 e. The summed E-state index contributed by atoms with van der Waals surface area (Å²) in [5.41, 5.74) is 7.35. The van der Waals surface area contributed by atoms with Crippen molar-refractivity contribution in [3.63, 3.8) is 0 Å². The van der Waals surface area contributed by atoms with Crippen molar-refractivity contribution in [2.24, 2.45) is 0 Å². The van der Waals surface area contributed by atoms with Crippen molar-refractivity contribution in [1.29, 1.82) is 0 Å². The summed E-state index contributed by atoms with van der Waals surface area (Å²) in [6.07, 6.45) is 0.579. The number of ether oxygens (including phenoxy) is 1. The Morgan fingerprint density at radius 1 is 1.30 bits per heavy atom. The normalized spacial score (nSPS) is 10.7. The minimum absolute atomic E-state index is 0.560. The van der Waals surface area contributed by atoms with E-state index in [0.717, 1.165) is 22.8 Å². The highest BCUT2D eigenvalue weighted by Crippen LogP contribution is 2.26. The van der Waals surface area contributed by atoms with Crippen LogP contribution in [-0.4, -0.2) is 27.3 Å². The number of hydrogen-bond acceptors (Lipinski definition) is 6. The molecule has 102 valence electrons. The number of aromatic amines is 1. The fourth-order valence-corrected chi connectivity index (χ4v) is 2.46. The highest BCUT2D eigenvalue weighted by atomic mass is 32.1. The van der Waals surface area contributed by atoms with E-state index in [1.807, 2.05) is 29.6 Å². The van der Waals surface area contributed by atoms with Gasteiger partial charge in [0.05, 0.1) is 24.8 Å². The topological polar surface area (TPSA) is 89.7 Å². The number of aromatic nitrogens is 4. The van der Waals surface area contributed by atoms with Gasteiger partial charge in [0.15, 0.2) is 11.0 Å². The molecule has 0 bridgehead atoms. The fourth-order valence-electron chi connectivity index (χ4n) is 1.90. The quantitative estimate of drug-likeness (QED) is 0.767. The highest BCUT2D eigenvalue weighted by Gasteiger charge is 2.11. The Balaban J connectivity index is 1.86. The van der Waals surface area contributed by atoms with E-state index in [1.165, 1.54) is 11.3 Å². The van der Waals surface area contributed by atoms with Crippen molar-refractivity contribution >= 4 is 16.5 Å². The zero-order chi connectivity index (χ0) is 13.9. The number of nitrogens with one attached hydrogen (secondary N) is 1. The molecule has 2 heterocycles. The lowest BCUT2D eigenvalue weighted by molar-refractivity contribution is 0.416. The summed E-state index contributed by atoms with van der Waals surface area (Å²) in [6, 6.07) is 7.64. The van der Waals surface area contributed by atoms with Crippen LogP contribution < -0.4 is 10.5 Å². The van der Waals surface area contributed by atoms with Gasteiger partial charge in [-0.3, -0.25) is 5.10 Å². The first-order valence-electron chi connectivity index (χ1n) is 6.01. The Morgan fingerprint density at radius 3 is 2.90 bits per heavy atom. The molecule has 1 aromatic carbocycles. The minimum atomic E-state index is 0.560. The summed E-state index contributed by atoms with van der Waals surface area (Å²) in [5, 5.41) is 9.62. The van der Waals surface area contributed by atoms with Gasteiger partial charge in [-0.1, -0.05) is 12.1 Å². The monoisotopic (exact) mass is 287 g/mol. The molecule has 0 saturated carbocycles. The van der Waals surface area contributed by atoms with Crippen LogP contribution in [0.3, 0.4) is 0 Å². The molecule has 0 radical (unpaired) electrons. The molecule has 3 N–H and O–H groups in total. The Labute approximate surface area is 119 Å². The fraction of sp³-hybridized carbons (Fsp3) is 0.154. The maximum atomic E-state index is 5.61. The van der Waals surface area contributed by atoms with E-state index in [0.29, 0.717) is 17.4 Å². The molecule has 3 rings (SSSR count). The molecule has 2 aromatic heterocycles. The standard InChI is InChI=1S/C13H13N5OS/c1-19-10-5-3-2-4-9(10)12-16-11(17-18-12)6-8-7-20-13(14)15-8/h2-5,7H,6H2,1H3,(H2,14,15)(H,16,17,18). The van der Waals surface area contributed by atoms with Crippen LogP contribution in [0.15, 0.2) is 29.6 Å². The van der Waals surface area contributed by atoms with Crippen LogP contribution in [0.4, 0.5) is 5.13 Å². The van der Waals surface area contributed by atoms with Crippen LogP contribution in [0.5, 0.6) is 5.75 Å². The first kappa shape index (κ1) is 12.6. The van der Waals surface area contributed by atoms with E-state index in [-0.39, 0.29) is 0 Å². The first-order chi connectivity index (χ1) is 9.76. The average molecular weight is 287 g/mol. The Morgan fingerprint density at radius 2 is 2.15 bits per heavy atom. The molecule has 0 spiro atoms. The van der Waals surface area contributed by atoms with Gasteiger partial charge in [-0.15, -0.1) is 11.3 Å². The number of thiazole rings is 1. The summed E-state index contributed by atoms with van der Waals surface area (Å²) >= 11 is 1.42. The number of rotatable bonds is 4. The highest BCUT2D eigenvalue weighted by molar-refractivity contribution is 7.13. The van der Waals surface area contributed by atoms with Crippen molar-refractivity contribution in [3.05, 3.63) is 41.2 Å². The summed E-state index contributed by atoms with van der Waals surface area (Å²) in [4.78, 5) is 8.68. The Bertz CT molecular complexity index is 721. The number of hydrogen-bond donors (Lipinski definition) is 2. The van der Waals surface area contributed by atoms with E-state index in [9.17, 15) is 0 Å². The van der Waals surface area contributed by atoms with Gasteiger partial charge in [-0.2, -0.15) is 5.10 Å². The molecule has 0 amide bonds. The van der Waals surface area contributed by atoms with Gasteiger partial charge in [0.2, 0.25) is 0 Å². The Hall–Kier alpha value is -2.41. The van der Waals surface area contributed by atoms with Crippen molar-refractivity contribution in [2.45, 2.75) is 6.42 Å². The van der Waals surface area contributed by atoms with E-state index in [1.54, 1.807) is 7.11 Å². The third-order valence-electron chi connectivity index (χ3n) is 2.80. The Kier molecular flexibility index (Phi) is 3.34. The minimum Gasteiger partial charge on any atom is -0.496 e. The lowest BCUT2D eigenvalue weighted by Gasteiger charge is -2.03. The third kappa shape index (κ3) is 2.48. The number of benzene rings is 1. The van der Waals surface area contributed by atoms with Gasteiger partial charge < -0.3 is 10.5 Å². The van der Waals surface area contributed by atoms with Crippen LogP contribution in [0.25, 0.3) is 11.4 Å². The molecule has 0 aliphatic rings. The number of nitrogens with zero attached hydrogens (tertiary/aromatic N) is 3. The zero-order valence-corrected chi connectivity index (χ0v) is 11.6. The van der Waals surface area contributed by atoms with E-state index < -0.39 is 0 Å². The molecule has 0 aliphatic carbocycles. The second kappa shape index (κ2) is 5.30. The van der Waals surface area contributed by atoms with E-state index >= 15 is 0 Å². The lowest BCUT2D eigenvalue weighted by Crippen LogP contribution is -1.92. The molecule has 0 fully saturated rings. The summed E-state index contributed by atoms with van der Waals surface area (Å²) in [6.45, 7) is 0. The second-order valence-electron chi connectivity index (χ2n) is 4.16. The average Bonchev–Trinajstić information content (AvgIpc) is 3.08. The maximum Gasteiger partial charge on any atom is 0.184 e. The molecule has 0 unspecified atom stereocenters. The van der Waals surface area contributed by atoms with E-state index in [4.69, 9.17) is 10.5 Å². The molecule has 0 saturated heterocycles. The van der Waals surface area contributed by atoms with E-state index in [2.05, 4.69) is 20.2 Å². The van der Waals surface area contributed by atoms with Gasteiger partial charge in [-0.25, -0.2) is 9.97 Å². The van der Waals surface area contributed by atoms with Gasteiger partial charge in [0.25, 0.3) is 0 Å². The van der Waals surface area contributed by atoms with Crippen molar-refractivity contribution in [3.8, 4) is 17.1 Å². The summed E-state index contributed by atoms with van der Waals surface area (Å²) in [5.74, 6) is 2.10. The van der Waals surface area contributed by atoms with Crippen LogP contribution in [-0.2, 0) is 6.42 Å². The molecule has 3 aromatic rings. The number of para-hydroxylation sites is 1. The number of anilines is 1. The zero-order valence-electron chi connectivity index (χ0n) is 10.8. The van der Waals surface area contributed by atoms with Crippen molar-refractivity contribution in [1.82, 2.24) is 20.2 Å². The van der Waals surface area contributed by atoms with Crippen LogP contribution in [0.1, 0.15) is 11.5 Å². The van der Waals surface area contributed by atoms with Crippen molar-refractivity contribution < 1.29 is 4.74 Å². The van der Waals surface area contributed by atoms with Gasteiger partial charge in [0, 0.05) is 5.38 Å².